The Bertz CT molecular complexity index is 663. The molecule has 2 aliphatic heterocycles. The Labute approximate surface area is 124 Å². The highest BCUT2D eigenvalue weighted by Crippen LogP contribution is 2.27. The van der Waals surface area contributed by atoms with Crippen molar-refractivity contribution in [2.24, 2.45) is 0 Å². The van der Waals surface area contributed by atoms with Crippen LogP contribution in [0.5, 0.6) is 0 Å². The van der Waals surface area contributed by atoms with Gasteiger partial charge >= 0.3 is 0 Å². The number of nitrogens with zero attached hydrogens (tertiary/aromatic N) is 1. The average molecular weight is 283 g/mol. The van der Waals surface area contributed by atoms with E-state index >= 15 is 0 Å². The summed E-state index contributed by atoms with van der Waals surface area (Å²) in [6.45, 7) is 2.37. The molecular weight excluding hydrogens is 262 g/mol. The Morgan fingerprint density at radius 2 is 2.19 bits per heavy atom. The Kier molecular flexibility index (Phi) is 3.19. The number of rotatable bonds is 2. The number of amides is 1. The maximum atomic E-state index is 12.6. The molecule has 2 unspecified atom stereocenters. The fourth-order valence-corrected chi connectivity index (χ4v) is 3.90. The molecule has 4 heteroatoms. The standard InChI is InChI=1S/C17H21N3O/c21-17(15-4-1-5-16-14(15)6-8-18-16)19-12-7-10-20-9-2-3-13(20)11-12/h1,4-6,8,12-13,18H,2-3,7,9-11H2,(H,19,21). The molecule has 0 aliphatic carbocycles. The van der Waals surface area contributed by atoms with Gasteiger partial charge in [-0.05, 0) is 50.4 Å². The third-order valence-corrected chi connectivity index (χ3v) is 5.00. The van der Waals surface area contributed by atoms with E-state index in [0.29, 0.717) is 12.1 Å². The highest BCUT2D eigenvalue weighted by Gasteiger charge is 2.32. The van der Waals surface area contributed by atoms with Crippen molar-refractivity contribution in [3.8, 4) is 0 Å². The molecule has 0 saturated carbocycles. The van der Waals surface area contributed by atoms with Crippen LogP contribution in [0.15, 0.2) is 30.5 Å². The first kappa shape index (κ1) is 12.9. The van der Waals surface area contributed by atoms with E-state index in [-0.39, 0.29) is 5.91 Å². The molecule has 4 nitrogen and oxygen atoms in total. The summed E-state index contributed by atoms with van der Waals surface area (Å²) in [5.41, 5.74) is 1.80. The van der Waals surface area contributed by atoms with E-state index in [9.17, 15) is 4.79 Å². The van der Waals surface area contributed by atoms with E-state index in [4.69, 9.17) is 0 Å². The number of aromatic amines is 1. The van der Waals surface area contributed by atoms with Gasteiger partial charge in [0.2, 0.25) is 0 Å². The van der Waals surface area contributed by atoms with Crippen molar-refractivity contribution in [3.63, 3.8) is 0 Å². The minimum atomic E-state index is 0.0663. The molecule has 1 aromatic carbocycles. The zero-order valence-electron chi connectivity index (χ0n) is 12.1. The lowest BCUT2D eigenvalue weighted by Crippen LogP contribution is -2.47. The van der Waals surface area contributed by atoms with Gasteiger partial charge in [0.15, 0.2) is 0 Å². The predicted molar refractivity (Wildman–Crippen MR) is 83.4 cm³/mol. The number of H-pyrrole nitrogens is 1. The summed E-state index contributed by atoms with van der Waals surface area (Å²) < 4.78 is 0. The summed E-state index contributed by atoms with van der Waals surface area (Å²) in [6, 6.07) is 8.84. The molecule has 4 rings (SSSR count). The normalized spacial score (nSPS) is 25.9. The number of benzene rings is 1. The first-order valence-electron chi connectivity index (χ1n) is 7.92. The summed E-state index contributed by atoms with van der Waals surface area (Å²) in [5.74, 6) is 0.0663. The molecule has 110 valence electrons. The van der Waals surface area contributed by atoms with E-state index in [1.807, 2.05) is 30.5 Å². The van der Waals surface area contributed by atoms with Gasteiger partial charge in [-0.25, -0.2) is 0 Å². The predicted octanol–water partition coefficient (Wildman–Crippen LogP) is 2.52. The zero-order valence-corrected chi connectivity index (χ0v) is 12.1. The fraction of sp³-hybridized carbons (Fsp3) is 0.471. The Balaban J connectivity index is 1.49. The molecule has 21 heavy (non-hydrogen) atoms. The zero-order chi connectivity index (χ0) is 14.2. The maximum absolute atomic E-state index is 12.6. The number of carbonyl (C=O) groups is 1. The Hall–Kier alpha value is -1.81. The van der Waals surface area contributed by atoms with Gasteiger partial charge in [0.05, 0.1) is 0 Å². The summed E-state index contributed by atoms with van der Waals surface area (Å²) >= 11 is 0. The lowest BCUT2D eigenvalue weighted by Gasteiger charge is -2.35. The molecular formula is C17H21N3O. The smallest absolute Gasteiger partial charge is 0.252 e. The summed E-state index contributed by atoms with van der Waals surface area (Å²) in [4.78, 5) is 18.3. The number of hydrogen-bond donors (Lipinski definition) is 2. The van der Waals surface area contributed by atoms with Crippen LogP contribution < -0.4 is 5.32 Å². The molecule has 1 aromatic heterocycles. The van der Waals surface area contributed by atoms with Crippen molar-refractivity contribution in [3.05, 3.63) is 36.0 Å². The van der Waals surface area contributed by atoms with Crippen LogP contribution in [0.4, 0.5) is 0 Å². The first-order valence-corrected chi connectivity index (χ1v) is 7.92. The van der Waals surface area contributed by atoms with Gasteiger partial charge in [0.1, 0.15) is 0 Å². The van der Waals surface area contributed by atoms with E-state index in [1.165, 1.54) is 19.4 Å². The maximum Gasteiger partial charge on any atom is 0.252 e. The van der Waals surface area contributed by atoms with Crippen molar-refractivity contribution in [2.75, 3.05) is 13.1 Å². The van der Waals surface area contributed by atoms with Crippen LogP contribution in [-0.4, -0.2) is 41.0 Å². The molecule has 2 fully saturated rings. The first-order chi connectivity index (χ1) is 10.3. The fourth-order valence-electron chi connectivity index (χ4n) is 3.90. The minimum Gasteiger partial charge on any atom is -0.361 e. The van der Waals surface area contributed by atoms with Crippen LogP contribution in [0, 0.1) is 0 Å². The topological polar surface area (TPSA) is 48.1 Å². The lowest BCUT2D eigenvalue weighted by atomic mass is 9.97. The van der Waals surface area contributed by atoms with Crippen molar-refractivity contribution in [1.82, 2.24) is 15.2 Å². The van der Waals surface area contributed by atoms with Gasteiger partial charge in [-0.1, -0.05) is 6.07 Å². The van der Waals surface area contributed by atoms with Gasteiger partial charge < -0.3 is 15.2 Å². The third kappa shape index (κ3) is 2.33. The number of hydrogen-bond acceptors (Lipinski definition) is 2. The van der Waals surface area contributed by atoms with Crippen LogP contribution in [0.25, 0.3) is 10.9 Å². The average Bonchev–Trinajstić information content (AvgIpc) is 3.14. The van der Waals surface area contributed by atoms with E-state index in [0.717, 1.165) is 35.9 Å². The molecule has 0 radical (unpaired) electrons. The second-order valence-electron chi connectivity index (χ2n) is 6.27. The molecule has 3 heterocycles. The van der Waals surface area contributed by atoms with E-state index < -0.39 is 0 Å². The van der Waals surface area contributed by atoms with Gasteiger partial charge in [-0.2, -0.15) is 0 Å². The second-order valence-corrected chi connectivity index (χ2v) is 6.27. The summed E-state index contributed by atoms with van der Waals surface area (Å²) in [5, 5.41) is 4.26. The molecule has 2 saturated heterocycles. The van der Waals surface area contributed by atoms with Crippen LogP contribution >= 0.6 is 0 Å². The van der Waals surface area contributed by atoms with Crippen molar-refractivity contribution in [2.45, 2.75) is 37.8 Å². The number of fused-ring (bicyclic) bond motifs is 2. The van der Waals surface area contributed by atoms with E-state index in [1.54, 1.807) is 0 Å². The Morgan fingerprint density at radius 1 is 1.24 bits per heavy atom. The van der Waals surface area contributed by atoms with Crippen LogP contribution in [0.3, 0.4) is 0 Å². The summed E-state index contributed by atoms with van der Waals surface area (Å²) in [7, 11) is 0. The van der Waals surface area contributed by atoms with Gasteiger partial charge in [-0.15, -0.1) is 0 Å². The molecule has 2 aromatic rings. The van der Waals surface area contributed by atoms with E-state index in [2.05, 4.69) is 15.2 Å². The molecule has 1 amide bonds. The third-order valence-electron chi connectivity index (χ3n) is 5.00. The van der Waals surface area contributed by atoms with Crippen LogP contribution in [0.1, 0.15) is 36.0 Å². The number of aromatic nitrogens is 1. The van der Waals surface area contributed by atoms with Crippen molar-refractivity contribution in [1.29, 1.82) is 0 Å². The highest BCUT2D eigenvalue weighted by atomic mass is 16.1. The van der Waals surface area contributed by atoms with Crippen molar-refractivity contribution >= 4 is 16.8 Å². The number of nitrogens with one attached hydrogen (secondary N) is 2. The largest absolute Gasteiger partial charge is 0.361 e. The number of carbonyl (C=O) groups excluding carboxylic acids is 1. The molecule has 0 bridgehead atoms. The SMILES string of the molecule is O=C(NC1CCN2CCCC2C1)c1cccc2[nH]ccc12. The monoisotopic (exact) mass is 283 g/mol. The van der Waals surface area contributed by atoms with Gasteiger partial charge in [0, 0.05) is 41.3 Å². The molecule has 2 aliphatic rings. The molecule has 0 spiro atoms. The molecule has 2 atom stereocenters. The highest BCUT2D eigenvalue weighted by molar-refractivity contribution is 6.06. The Morgan fingerprint density at radius 3 is 3.14 bits per heavy atom. The second kappa shape index (κ2) is 5.19. The number of piperidine rings is 1. The minimum absolute atomic E-state index is 0.0663. The molecule has 2 N–H and O–H groups in total. The van der Waals surface area contributed by atoms with Gasteiger partial charge in [0.25, 0.3) is 5.91 Å². The van der Waals surface area contributed by atoms with Crippen LogP contribution in [-0.2, 0) is 0 Å². The van der Waals surface area contributed by atoms with Crippen LogP contribution in [0.2, 0.25) is 0 Å². The van der Waals surface area contributed by atoms with Gasteiger partial charge in [-0.3, -0.25) is 4.79 Å². The van der Waals surface area contributed by atoms with Crippen molar-refractivity contribution < 1.29 is 4.79 Å². The summed E-state index contributed by atoms with van der Waals surface area (Å²) in [6.07, 6.45) is 6.67. The lowest BCUT2D eigenvalue weighted by molar-refractivity contribution is 0.0898. The quantitative estimate of drug-likeness (QED) is 0.889.